The van der Waals surface area contributed by atoms with E-state index in [2.05, 4.69) is 379 Å². The Bertz CT molecular complexity index is 9450. The molecule has 0 radical (unpaired) electrons. The number of hydrogen-bond donors (Lipinski definition) is 1. The van der Waals surface area contributed by atoms with Crippen molar-refractivity contribution in [2.45, 2.75) is 7.43 Å². The molecule has 0 saturated heterocycles. The summed E-state index contributed by atoms with van der Waals surface area (Å²) in [6, 6.07) is 169. The Hall–Kier alpha value is -18.1. The summed E-state index contributed by atoms with van der Waals surface area (Å²) >= 11 is 2.15. The number of rotatable bonds is 13. The van der Waals surface area contributed by atoms with Gasteiger partial charge >= 0.3 is 0 Å². The minimum atomic E-state index is -0.350. The van der Waals surface area contributed by atoms with Gasteiger partial charge in [0.1, 0.15) is 5.82 Å². The van der Waals surface area contributed by atoms with Gasteiger partial charge in [0.05, 0.1) is 72.2 Å². The average Bonchev–Trinajstić information content (AvgIpc) is 1.59. The topological polar surface area (TPSA) is 118 Å². The predicted molar refractivity (Wildman–Crippen MR) is 597 cm³/mol. The molecule has 0 aliphatic carbocycles. The first kappa shape index (κ1) is 86.7. The molecule has 674 valence electrons. The van der Waals surface area contributed by atoms with Gasteiger partial charge in [-0.05, 0) is 185 Å². The summed E-state index contributed by atoms with van der Waals surface area (Å²) in [6.45, 7) is 0. The molecule has 8 heterocycles. The Balaban J connectivity index is 0.000000125. The minimum Gasteiger partial charge on any atom is -0.355 e. The van der Waals surface area contributed by atoms with Crippen LogP contribution in [0, 0.1) is 5.82 Å². The summed E-state index contributed by atoms with van der Waals surface area (Å²) in [7, 11) is 0. The molecule has 0 aliphatic rings. The van der Waals surface area contributed by atoms with Gasteiger partial charge in [-0.3, -0.25) is 0 Å². The van der Waals surface area contributed by atoms with Crippen molar-refractivity contribution in [2.24, 2.45) is 0 Å². The molecule has 20 aromatic carbocycles. The third kappa shape index (κ3) is 15.4. The number of H-pyrrole nitrogens is 1. The number of benzene rings is 20. The van der Waals surface area contributed by atoms with E-state index < -0.39 is 0 Å². The first-order valence-electron chi connectivity index (χ1n) is 47.1. The van der Waals surface area contributed by atoms with Gasteiger partial charge in [-0.2, -0.15) is 0 Å². The Morgan fingerprint density at radius 2 is 0.408 bits per heavy atom. The maximum absolute atomic E-state index is 15.9. The molecular weight excluding hydrogens is 1850 g/mol. The van der Waals surface area contributed by atoms with Crippen LogP contribution in [0.2, 0.25) is 0 Å². The van der Waals surface area contributed by atoms with Crippen LogP contribution in [0.25, 0.3) is 250 Å². The van der Waals surface area contributed by atoms with E-state index in [-0.39, 0.29) is 13.2 Å². The second-order valence-corrected chi connectivity index (χ2v) is 35.0. The lowest BCUT2D eigenvalue weighted by Crippen LogP contribution is -2.05. The summed E-state index contributed by atoms with van der Waals surface area (Å²) in [5.74, 6) is 3.01. The van der Waals surface area contributed by atoms with Gasteiger partial charge in [-0.1, -0.05) is 358 Å². The first-order valence-corrected chi connectivity index (χ1v) is 49.3. The summed E-state index contributed by atoms with van der Waals surface area (Å²) in [4.78, 5) is 35.1. The zero-order chi connectivity index (χ0) is 94.0. The summed E-state index contributed by atoms with van der Waals surface area (Å²) < 4.78 is 27.5. The van der Waals surface area contributed by atoms with Crippen molar-refractivity contribution in [2.75, 3.05) is 4.93 Å². The van der Waals surface area contributed by atoms with E-state index in [4.69, 9.17) is 29.9 Å². The summed E-state index contributed by atoms with van der Waals surface area (Å²) in [6.07, 6.45) is 0. The fourth-order valence-electron chi connectivity index (χ4n) is 20.6. The van der Waals surface area contributed by atoms with Crippen molar-refractivity contribution in [1.29, 1.82) is 0 Å². The maximum Gasteiger partial charge on any atom is 0.164 e. The zero-order valence-electron chi connectivity index (χ0n) is 76.4. The largest absolute Gasteiger partial charge is 0.355 e. The molecule has 14 heteroatoms. The highest BCUT2D eigenvalue weighted by Crippen LogP contribution is 2.45. The number of nitrogens with one attached hydrogen (secondary N) is 1. The number of aromatic amines is 1. The quantitative estimate of drug-likeness (QED) is 0.0907. The lowest BCUT2D eigenvalue weighted by Gasteiger charge is -2.18. The second kappa shape index (κ2) is 37.1. The van der Waals surface area contributed by atoms with Crippen LogP contribution in [0.5, 0.6) is 0 Å². The molecule has 12 nitrogen and oxygen atoms in total. The molecule has 0 fully saturated rings. The van der Waals surface area contributed by atoms with E-state index in [0.717, 1.165) is 94.3 Å². The van der Waals surface area contributed by atoms with Gasteiger partial charge in [0.2, 0.25) is 0 Å². The molecule has 0 saturated carbocycles. The van der Waals surface area contributed by atoms with Crippen molar-refractivity contribution in [3.8, 4) is 119 Å². The molecule has 0 atom stereocenters. The molecule has 28 rings (SSSR count). The molecular formula is C128H88FIN12. The highest BCUT2D eigenvalue weighted by Gasteiger charge is 2.26. The van der Waals surface area contributed by atoms with E-state index in [1.165, 1.54) is 115 Å². The lowest BCUT2D eigenvalue weighted by molar-refractivity contribution is 0.621. The number of aromatic nitrogens is 12. The zero-order valence-corrected chi connectivity index (χ0v) is 78.5. The number of alkyl halides is 1. The molecule has 8 aromatic heterocycles. The van der Waals surface area contributed by atoms with Crippen LogP contribution in [-0.2, 0) is 0 Å². The van der Waals surface area contributed by atoms with Crippen LogP contribution in [0.1, 0.15) is 7.43 Å². The highest BCUT2D eigenvalue weighted by atomic mass is 127. The first-order chi connectivity index (χ1) is 69.9. The fraction of sp³-hybridized carbons (Fsp3) is 0.0156. The Morgan fingerprint density at radius 3 is 0.761 bits per heavy atom. The molecule has 0 aliphatic heterocycles. The third-order valence-corrected chi connectivity index (χ3v) is 26.9. The van der Waals surface area contributed by atoms with Gasteiger partial charge in [0, 0.05) is 120 Å². The smallest absolute Gasteiger partial charge is 0.164 e. The number of nitrogens with zero attached hydrogens (tertiary/aromatic N) is 11. The number of hydrogen-bond acceptors (Lipinski definition) is 6. The fourth-order valence-corrected chi connectivity index (χ4v) is 20.6. The van der Waals surface area contributed by atoms with Crippen LogP contribution >= 0.6 is 22.6 Å². The standard InChI is InChI=1S/C63H40N6.C33H21FN4.C30H20N2.CH3I.CH4/c1-4-18-41(19-5-1)61-64-62(42-20-6-2-7-21-42)66-63(65-61)45-34-37-59(68-54-29-15-10-24-47(54)48-25-11-16-30-55(48)68)60(40-45)69-56-31-17-13-27-50(56)52-39-44(33-36-58(52)69)43-32-35-57-51(38-43)49-26-12-14-28-53(49)67(57)46-22-8-3-9-23-46;34-27-21-24(19-20-30(27)38-28-17-9-7-15-25(28)26-16-8-10-18-29(26)38)33-36-31(22-11-3-1-4-12-22)35-32(37-33)23-13-5-2-6-14-23;1-2-8-22(9-3-1)32-29-13-7-5-11-24(29)26-19-21(15-17-30(26)32)20-14-16-28-25(18-20)23-10-4-6-12-27(23)31-28;1-2;/h1-40H;1-21H;1-19,31H;1H3;1H4. The monoisotopic (exact) mass is 1940 g/mol. The summed E-state index contributed by atoms with van der Waals surface area (Å²) in [5.41, 5.74) is 28.4. The second-order valence-electron chi connectivity index (χ2n) is 35.0. The molecule has 0 spiro atoms. The number of para-hydroxylation sites is 10. The molecule has 28 aromatic rings. The van der Waals surface area contributed by atoms with Gasteiger partial charge in [-0.25, -0.2) is 34.3 Å². The van der Waals surface area contributed by atoms with Crippen LogP contribution in [-0.4, -0.2) is 62.7 Å². The molecule has 142 heavy (non-hydrogen) atoms. The van der Waals surface area contributed by atoms with Crippen molar-refractivity contribution >= 4 is 153 Å². The Morgan fingerprint density at radius 1 is 0.176 bits per heavy atom. The Labute approximate surface area is 831 Å². The normalized spacial score (nSPS) is 11.4. The van der Waals surface area contributed by atoms with Crippen molar-refractivity contribution in [3.05, 3.63) is 491 Å². The van der Waals surface area contributed by atoms with Crippen LogP contribution in [0.4, 0.5) is 4.39 Å². The predicted octanol–water partition coefficient (Wildman–Crippen LogP) is 33.7. The van der Waals surface area contributed by atoms with E-state index in [9.17, 15) is 0 Å². The van der Waals surface area contributed by atoms with E-state index in [0.29, 0.717) is 46.2 Å². The van der Waals surface area contributed by atoms with E-state index in [1.807, 2.05) is 149 Å². The minimum absolute atomic E-state index is 0. The number of halogens is 2. The van der Waals surface area contributed by atoms with Gasteiger partial charge in [0.25, 0.3) is 0 Å². The lowest BCUT2D eigenvalue weighted by atomic mass is 10.0. The van der Waals surface area contributed by atoms with Gasteiger partial charge < -0.3 is 27.8 Å². The SMILES string of the molecule is C.CI.Fc1cc(-c2nc(-c3ccccc3)nc(-c3ccccc3)n2)ccc1-n1c2ccccc2c2ccccc21.c1ccc(-c2nc(-c3ccccc3)nc(-c3ccc(-n4c5ccccc5c5ccccc54)c(-n4c5ccccc5c5cc(-c6ccc7c(c6)c6ccccc6n7-c6ccccc6)ccc54)c3)n2)cc1.c1ccc(-n2c3ccccc3c3cc(-c4ccc5[nH]c6ccccc6c5c4)ccc32)cc1. The number of fused-ring (bicyclic) bond motifs is 18. The van der Waals surface area contributed by atoms with E-state index in [1.54, 1.807) is 6.07 Å². The van der Waals surface area contributed by atoms with Gasteiger partial charge in [0.15, 0.2) is 34.9 Å². The molecule has 0 amide bonds. The Kier molecular flexibility index (Phi) is 22.6. The van der Waals surface area contributed by atoms with Gasteiger partial charge in [-0.15, -0.1) is 0 Å². The summed E-state index contributed by atoms with van der Waals surface area (Å²) in [5, 5.41) is 14.5. The van der Waals surface area contributed by atoms with E-state index >= 15 is 4.39 Å². The van der Waals surface area contributed by atoms with Crippen molar-refractivity contribution in [1.82, 2.24) is 57.7 Å². The van der Waals surface area contributed by atoms with Crippen LogP contribution in [0.3, 0.4) is 0 Å². The molecule has 1 N–H and O–H groups in total. The molecule has 0 unspecified atom stereocenters. The van der Waals surface area contributed by atoms with Crippen molar-refractivity contribution < 1.29 is 4.39 Å². The average molecular weight is 1940 g/mol. The highest BCUT2D eigenvalue weighted by molar-refractivity contribution is 14.1. The maximum atomic E-state index is 15.9. The van der Waals surface area contributed by atoms with Crippen molar-refractivity contribution in [3.63, 3.8) is 0 Å². The van der Waals surface area contributed by atoms with Crippen LogP contribution < -0.4 is 0 Å². The third-order valence-electron chi connectivity index (χ3n) is 26.9. The van der Waals surface area contributed by atoms with Crippen LogP contribution in [0.15, 0.2) is 485 Å². The molecule has 0 bridgehead atoms.